The molecule has 0 unspecified atom stereocenters. The molecule has 0 spiro atoms. The van der Waals surface area contributed by atoms with Crippen LogP contribution in [0, 0.1) is 0 Å². The highest BCUT2D eigenvalue weighted by Crippen LogP contribution is 2.42. The molecule has 2 heterocycles. The van der Waals surface area contributed by atoms with Crippen LogP contribution < -0.4 is 16.0 Å². The Morgan fingerprint density at radius 3 is 1.76 bits per heavy atom. The molecule has 0 bridgehead atoms. The van der Waals surface area contributed by atoms with Gasteiger partial charge in [-0.1, -0.05) is 56.2 Å². The Balaban J connectivity index is 1.72. The van der Waals surface area contributed by atoms with Gasteiger partial charge in [0.25, 0.3) is 0 Å². The zero-order valence-electron chi connectivity index (χ0n) is 20.3. The van der Waals surface area contributed by atoms with Gasteiger partial charge in [0.15, 0.2) is 0 Å². The van der Waals surface area contributed by atoms with Gasteiger partial charge in [0.05, 0.1) is 34.4 Å². The van der Waals surface area contributed by atoms with Crippen LogP contribution >= 0.6 is 0 Å². The average molecular weight is 499 g/mol. The maximum Gasteiger partial charge on any atom is 0.344 e. The Morgan fingerprint density at radius 1 is 0.730 bits per heavy atom. The summed E-state index contributed by atoms with van der Waals surface area (Å²) in [5.74, 6) is -1.20. The van der Waals surface area contributed by atoms with Gasteiger partial charge in [0.1, 0.15) is 28.4 Å². The number of hydrogen-bond acceptors (Lipinski definition) is 7. The van der Waals surface area contributed by atoms with Gasteiger partial charge in [-0.15, -0.1) is 0 Å². The topological polar surface area (TPSA) is 110 Å². The molecule has 0 atom stereocenters. The third-order valence-corrected chi connectivity index (χ3v) is 6.45. The van der Waals surface area contributed by atoms with Crippen molar-refractivity contribution in [2.75, 3.05) is 6.61 Å². The molecular weight excluding hydrogens is 472 g/mol. The van der Waals surface area contributed by atoms with E-state index in [4.69, 9.17) is 13.6 Å². The minimum Gasteiger partial charge on any atom is -0.507 e. The normalized spacial score (nSPS) is 11.4. The quantitative estimate of drug-likeness (QED) is 0.198. The first-order chi connectivity index (χ1) is 18.0. The monoisotopic (exact) mass is 498 g/mol. The van der Waals surface area contributed by atoms with Crippen LogP contribution in [0.1, 0.15) is 48.8 Å². The molecule has 5 rings (SSSR count). The second-order valence-electron chi connectivity index (χ2n) is 8.85. The summed E-state index contributed by atoms with van der Waals surface area (Å²) < 4.78 is 16.8. The first kappa shape index (κ1) is 24.2. The molecule has 0 aliphatic heterocycles. The molecule has 7 nitrogen and oxygen atoms in total. The van der Waals surface area contributed by atoms with Gasteiger partial charge in [-0.25, -0.2) is 9.59 Å². The van der Waals surface area contributed by atoms with Gasteiger partial charge in [0.2, 0.25) is 0 Å². The van der Waals surface area contributed by atoms with Crippen molar-refractivity contribution >= 4 is 21.9 Å². The minimum atomic E-state index is -1.17. The Hall–Kier alpha value is -4.52. The van der Waals surface area contributed by atoms with Crippen LogP contribution in [0.2, 0.25) is 0 Å². The fourth-order valence-corrected chi connectivity index (χ4v) is 4.58. The number of unbranched alkanes of at least 4 members (excludes halogenated alkanes) is 2. The van der Waals surface area contributed by atoms with Crippen molar-refractivity contribution in [2.45, 2.75) is 32.1 Å². The van der Waals surface area contributed by atoms with Gasteiger partial charge in [-0.05, 0) is 48.4 Å². The number of aromatic hydroxyl groups is 2. The average Bonchev–Trinajstić information content (AvgIpc) is 2.90. The smallest absolute Gasteiger partial charge is 0.344 e. The standard InChI is InChI=1S/C30H26O7/c1-2-3-8-17-35-19-15-13-18(14-16-19)24(25-27(31)20-9-4-6-11-22(20)36-29(25)33)26-28(32)21-10-5-7-12-23(21)37-30(26)34/h4-7,9-16,24,31-32H,2-3,8,17H2,1H3. The lowest BCUT2D eigenvalue weighted by atomic mass is 9.84. The van der Waals surface area contributed by atoms with Gasteiger partial charge >= 0.3 is 11.3 Å². The van der Waals surface area contributed by atoms with E-state index < -0.39 is 17.2 Å². The molecule has 5 aromatic rings. The van der Waals surface area contributed by atoms with Crippen LogP contribution in [-0.2, 0) is 0 Å². The molecule has 0 amide bonds. The third-order valence-electron chi connectivity index (χ3n) is 6.45. The first-order valence-electron chi connectivity index (χ1n) is 12.2. The van der Waals surface area contributed by atoms with Gasteiger partial charge in [-0.3, -0.25) is 0 Å². The van der Waals surface area contributed by atoms with E-state index in [0.717, 1.165) is 19.3 Å². The highest BCUT2D eigenvalue weighted by atomic mass is 16.5. The first-order valence-corrected chi connectivity index (χ1v) is 12.2. The maximum atomic E-state index is 13.2. The van der Waals surface area contributed by atoms with Crippen LogP contribution in [0.5, 0.6) is 17.2 Å². The van der Waals surface area contributed by atoms with Crippen molar-refractivity contribution in [3.05, 3.63) is 110 Å². The van der Waals surface area contributed by atoms with Crippen molar-refractivity contribution in [1.82, 2.24) is 0 Å². The summed E-state index contributed by atoms with van der Waals surface area (Å²) in [6.07, 6.45) is 3.08. The molecule has 0 radical (unpaired) electrons. The summed E-state index contributed by atoms with van der Waals surface area (Å²) in [4.78, 5) is 26.5. The largest absolute Gasteiger partial charge is 0.507 e. The van der Waals surface area contributed by atoms with Gasteiger partial charge < -0.3 is 23.8 Å². The number of fused-ring (bicyclic) bond motifs is 2. The van der Waals surface area contributed by atoms with Crippen molar-refractivity contribution in [3.63, 3.8) is 0 Å². The zero-order valence-corrected chi connectivity index (χ0v) is 20.3. The van der Waals surface area contributed by atoms with E-state index in [1.165, 1.54) is 0 Å². The SMILES string of the molecule is CCCCCOc1ccc(C(c2c(O)c3ccccc3oc2=O)c2c(O)c3ccccc3oc2=O)cc1. The molecule has 0 saturated heterocycles. The van der Waals surface area contributed by atoms with E-state index in [0.29, 0.717) is 28.7 Å². The Morgan fingerprint density at radius 2 is 1.24 bits per heavy atom. The summed E-state index contributed by atoms with van der Waals surface area (Å²) in [7, 11) is 0. The number of hydrogen-bond donors (Lipinski definition) is 2. The molecule has 0 aliphatic rings. The molecule has 3 aromatic carbocycles. The van der Waals surface area contributed by atoms with E-state index in [1.807, 2.05) is 0 Å². The summed E-state index contributed by atoms with van der Waals surface area (Å²) in [5.41, 5.74) is -1.12. The Bertz CT molecular complexity index is 1580. The van der Waals surface area contributed by atoms with Crippen LogP contribution in [-0.4, -0.2) is 16.8 Å². The predicted molar refractivity (Wildman–Crippen MR) is 141 cm³/mol. The molecule has 37 heavy (non-hydrogen) atoms. The summed E-state index contributed by atoms with van der Waals surface area (Å²) >= 11 is 0. The molecule has 0 saturated carbocycles. The second-order valence-corrected chi connectivity index (χ2v) is 8.85. The highest BCUT2D eigenvalue weighted by Gasteiger charge is 2.32. The molecule has 2 N–H and O–H groups in total. The van der Waals surface area contributed by atoms with E-state index in [9.17, 15) is 19.8 Å². The van der Waals surface area contributed by atoms with Crippen molar-refractivity contribution in [2.24, 2.45) is 0 Å². The summed E-state index contributed by atoms with van der Waals surface area (Å²) in [6.45, 7) is 2.69. The maximum absolute atomic E-state index is 13.2. The minimum absolute atomic E-state index is 0.173. The highest BCUT2D eigenvalue weighted by molar-refractivity contribution is 5.86. The molecule has 188 valence electrons. The summed E-state index contributed by atoms with van der Waals surface area (Å²) in [5, 5.41) is 23.1. The van der Waals surface area contributed by atoms with Crippen LogP contribution in [0.3, 0.4) is 0 Å². The third kappa shape index (κ3) is 4.56. The lowest BCUT2D eigenvalue weighted by Crippen LogP contribution is -2.21. The Labute approximate surface area is 212 Å². The molecule has 7 heteroatoms. The van der Waals surface area contributed by atoms with Crippen LogP contribution in [0.4, 0.5) is 0 Å². The summed E-state index contributed by atoms with van der Waals surface area (Å²) in [6, 6.07) is 20.0. The van der Waals surface area contributed by atoms with E-state index in [1.54, 1.807) is 72.8 Å². The molecule has 0 fully saturated rings. The number of rotatable bonds is 8. The fourth-order valence-electron chi connectivity index (χ4n) is 4.58. The molecule has 2 aromatic heterocycles. The fraction of sp³-hybridized carbons (Fsp3) is 0.200. The molecular formula is C30H26O7. The Kier molecular flexibility index (Phi) is 6.68. The van der Waals surface area contributed by atoms with Crippen molar-refractivity contribution < 1.29 is 23.8 Å². The molecule has 0 aliphatic carbocycles. The lowest BCUT2D eigenvalue weighted by molar-refractivity contribution is 0.306. The lowest BCUT2D eigenvalue weighted by Gasteiger charge is -2.20. The zero-order chi connectivity index (χ0) is 25.9. The van der Waals surface area contributed by atoms with Crippen LogP contribution in [0.25, 0.3) is 21.9 Å². The van der Waals surface area contributed by atoms with E-state index in [2.05, 4.69) is 6.92 Å². The van der Waals surface area contributed by atoms with Gasteiger partial charge in [-0.2, -0.15) is 0 Å². The second kappa shape index (κ2) is 10.2. The van der Waals surface area contributed by atoms with Crippen molar-refractivity contribution in [3.8, 4) is 17.2 Å². The number of benzene rings is 3. The van der Waals surface area contributed by atoms with E-state index >= 15 is 0 Å². The van der Waals surface area contributed by atoms with Gasteiger partial charge in [0, 0.05) is 0 Å². The van der Waals surface area contributed by atoms with Crippen LogP contribution in [0.15, 0.2) is 91.2 Å². The van der Waals surface area contributed by atoms with E-state index in [-0.39, 0.29) is 33.8 Å². The predicted octanol–water partition coefficient (Wildman–Crippen LogP) is 6.06. The number of ether oxygens (including phenoxy) is 1. The van der Waals surface area contributed by atoms with Crippen molar-refractivity contribution in [1.29, 1.82) is 0 Å². The number of para-hydroxylation sites is 2.